The highest BCUT2D eigenvalue weighted by atomic mass is 19.4. The molecule has 2 aliphatic heterocycles. The van der Waals surface area contributed by atoms with Crippen LogP contribution >= 0.6 is 0 Å². The van der Waals surface area contributed by atoms with E-state index in [1.807, 2.05) is 4.98 Å². The van der Waals surface area contributed by atoms with Gasteiger partial charge in [-0.1, -0.05) is 0 Å². The third kappa shape index (κ3) is 2.06. The van der Waals surface area contributed by atoms with E-state index >= 15 is 0 Å². The topological polar surface area (TPSA) is 80.6 Å². The molecular weight excluding hydrogens is 289 g/mol. The molecule has 0 saturated carbocycles. The lowest BCUT2D eigenvalue weighted by atomic mass is 10.1. The molecule has 0 spiro atoms. The first-order valence-electron chi connectivity index (χ1n) is 5.75. The molecule has 0 amide bonds. The zero-order chi connectivity index (χ0) is 15.4. The fraction of sp³-hybridized carbons (Fsp3) is 0.167. The van der Waals surface area contributed by atoms with Crippen molar-refractivity contribution in [3.8, 4) is 11.5 Å². The van der Waals surface area contributed by atoms with E-state index in [1.54, 1.807) is 0 Å². The van der Waals surface area contributed by atoms with Crippen LogP contribution in [0.5, 0.6) is 0 Å². The van der Waals surface area contributed by atoms with Gasteiger partial charge in [-0.2, -0.15) is 18.2 Å². The first-order chi connectivity index (χ1) is 9.77. The average molecular weight is 296 g/mol. The molecule has 108 valence electrons. The van der Waals surface area contributed by atoms with Crippen molar-refractivity contribution in [2.45, 2.75) is 6.18 Å². The molecule has 2 aliphatic rings. The van der Waals surface area contributed by atoms with Crippen molar-refractivity contribution in [3.05, 3.63) is 44.6 Å². The minimum absolute atomic E-state index is 0.00854. The second-order valence-electron chi connectivity index (χ2n) is 4.42. The third-order valence-corrected chi connectivity index (χ3v) is 3.07. The van der Waals surface area contributed by atoms with Crippen LogP contribution in [0.15, 0.2) is 27.8 Å². The Hall–Kier alpha value is -2.71. The van der Waals surface area contributed by atoms with Crippen LogP contribution in [0.2, 0.25) is 0 Å². The van der Waals surface area contributed by atoms with Crippen LogP contribution < -0.4 is 11.2 Å². The van der Waals surface area contributed by atoms with Gasteiger partial charge in [0.1, 0.15) is 0 Å². The summed E-state index contributed by atoms with van der Waals surface area (Å²) >= 11 is 0. The number of aromatic nitrogens is 4. The first kappa shape index (κ1) is 13.3. The molecule has 0 aromatic heterocycles. The molecule has 3 rings (SSSR count). The molecule has 6 nitrogen and oxygen atoms in total. The second kappa shape index (κ2) is 4.14. The summed E-state index contributed by atoms with van der Waals surface area (Å²) in [7, 11) is 1.49. The van der Waals surface area contributed by atoms with Gasteiger partial charge in [-0.25, -0.2) is 9.78 Å². The van der Waals surface area contributed by atoms with E-state index in [4.69, 9.17) is 0 Å². The number of aryl methyl sites for hydroxylation is 1. The molecule has 0 radical (unpaired) electrons. The molecule has 0 fully saturated rings. The van der Waals surface area contributed by atoms with E-state index < -0.39 is 23.0 Å². The van der Waals surface area contributed by atoms with Crippen molar-refractivity contribution in [2.24, 2.45) is 7.05 Å². The van der Waals surface area contributed by atoms with Crippen LogP contribution in [0.4, 0.5) is 13.2 Å². The van der Waals surface area contributed by atoms with E-state index in [2.05, 4.69) is 9.97 Å². The summed E-state index contributed by atoms with van der Waals surface area (Å²) in [5.41, 5.74) is -2.37. The van der Waals surface area contributed by atoms with Gasteiger partial charge in [0, 0.05) is 7.05 Å². The number of nitrogens with zero attached hydrogens (tertiary/aromatic N) is 3. The van der Waals surface area contributed by atoms with Crippen LogP contribution in [0.3, 0.4) is 0 Å². The molecular formula is C12H7F3N4O2. The Morgan fingerprint density at radius 3 is 2.57 bits per heavy atom. The van der Waals surface area contributed by atoms with Gasteiger partial charge in [-0.05, 0) is 18.2 Å². The van der Waals surface area contributed by atoms with E-state index in [0.29, 0.717) is 5.52 Å². The maximum atomic E-state index is 12.7. The van der Waals surface area contributed by atoms with Crippen LogP contribution in [0.1, 0.15) is 5.56 Å². The lowest BCUT2D eigenvalue weighted by Crippen LogP contribution is -2.28. The Morgan fingerprint density at radius 1 is 1.19 bits per heavy atom. The maximum Gasteiger partial charge on any atom is 0.416 e. The highest BCUT2D eigenvalue weighted by Gasteiger charge is 2.31. The molecule has 0 saturated heterocycles. The van der Waals surface area contributed by atoms with Crippen LogP contribution in [-0.2, 0) is 13.2 Å². The molecule has 1 aromatic carbocycles. The highest BCUT2D eigenvalue weighted by Crippen LogP contribution is 2.31. The van der Waals surface area contributed by atoms with Gasteiger partial charge >= 0.3 is 11.9 Å². The largest absolute Gasteiger partial charge is 0.416 e. The summed E-state index contributed by atoms with van der Waals surface area (Å²) in [6.07, 6.45) is -4.51. The Kier molecular flexibility index (Phi) is 2.62. The van der Waals surface area contributed by atoms with E-state index in [1.165, 1.54) is 17.7 Å². The Balaban J connectivity index is 2.46. The third-order valence-electron chi connectivity index (χ3n) is 3.07. The number of H-pyrrole nitrogens is 1. The monoisotopic (exact) mass is 296 g/mol. The molecule has 0 unspecified atom stereocenters. The van der Waals surface area contributed by atoms with Gasteiger partial charge in [-0.3, -0.25) is 9.78 Å². The number of rotatable bonds is 0. The van der Waals surface area contributed by atoms with Crippen LogP contribution in [-0.4, -0.2) is 19.5 Å². The summed E-state index contributed by atoms with van der Waals surface area (Å²) < 4.78 is 39.5. The van der Waals surface area contributed by atoms with Crippen LogP contribution in [0, 0.1) is 0 Å². The molecule has 1 aromatic rings. The summed E-state index contributed by atoms with van der Waals surface area (Å²) in [6.45, 7) is 0. The zero-order valence-electron chi connectivity index (χ0n) is 10.5. The van der Waals surface area contributed by atoms with Crippen molar-refractivity contribution >= 4 is 11.0 Å². The molecule has 2 heterocycles. The number of halogens is 3. The molecule has 0 bridgehead atoms. The standard InChI is InChI=1S/C12H7F3N4O2/c1-19-7-3-2-5(12(13,14)15)4-6(7)16-8-9(19)17-11(21)18-10(8)20/h2-4H,1H3,(H,18,20,21). The van der Waals surface area contributed by atoms with Gasteiger partial charge in [0.25, 0.3) is 5.56 Å². The van der Waals surface area contributed by atoms with E-state index in [-0.39, 0.29) is 17.0 Å². The summed E-state index contributed by atoms with van der Waals surface area (Å²) in [5.74, 6) is 0.0102. The zero-order valence-corrected chi connectivity index (χ0v) is 10.5. The number of alkyl halides is 3. The normalized spacial score (nSPS) is 12.2. The SMILES string of the molecule is Cn1c2nc(=O)[nH]c(=O)c-2nc2cc(C(F)(F)F)ccc21. The van der Waals surface area contributed by atoms with Crippen molar-refractivity contribution < 1.29 is 13.2 Å². The lowest BCUT2D eigenvalue weighted by molar-refractivity contribution is -0.137. The number of benzene rings is 1. The summed E-state index contributed by atoms with van der Waals surface area (Å²) in [6, 6.07) is 2.97. The van der Waals surface area contributed by atoms with Gasteiger partial charge in [-0.15, -0.1) is 0 Å². The fourth-order valence-electron chi connectivity index (χ4n) is 2.08. The summed E-state index contributed by atoms with van der Waals surface area (Å²) in [4.78, 5) is 32.3. The Bertz CT molecular complexity index is 942. The fourth-order valence-corrected chi connectivity index (χ4v) is 2.08. The number of fused-ring (bicyclic) bond motifs is 2. The van der Waals surface area contributed by atoms with Gasteiger partial charge < -0.3 is 4.57 Å². The predicted octanol–water partition coefficient (Wildman–Crippen LogP) is 1.14. The smallest absolute Gasteiger partial charge is 0.325 e. The molecule has 1 N–H and O–H groups in total. The highest BCUT2D eigenvalue weighted by molar-refractivity contribution is 5.80. The van der Waals surface area contributed by atoms with Gasteiger partial charge in [0.2, 0.25) is 0 Å². The Morgan fingerprint density at radius 2 is 1.90 bits per heavy atom. The number of nitrogens with one attached hydrogen (secondary N) is 1. The van der Waals surface area contributed by atoms with Crippen molar-refractivity contribution in [3.63, 3.8) is 0 Å². The summed E-state index contributed by atoms with van der Waals surface area (Å²) in [5, 5.41) is 0. The molecule has 0 atom stereocenters. The Labute approximate surface area is 114 Å². The minimum Gasteiger partial charge on any atom is -0.325 e. The van der Waals surface area contributed by atoms with E-state index in [0.717, 1.165) is 12.1 Å². The van der Waals surface area contributed by atoms with Crippen molar-refractivity contribution in [2.75, 3.05) is 0 Å². The minimum atomic E-state index is -4.51. The second-order valence-corrected chi connectivity index (χ2v) is 4.42. The van der Waals surface area contributed by atoms with E-state index in [9.17, 15) is 22.8 Å². The van der Waals surface area contributed by atoms with Gasteiger partial charge in [0.15, 0.2) is 11.5 Å². The number of hydrogen-bond donors (Lipinski definition) is 1. The number of hydrogen-bond acceptors (Lipinski definition) is 4. The van der Waals surface area contributed by atoms with Crippen molar-refractivity contribution in [1.29, 1.82) is 0 Å². The predicted molar refractivity (Wildman–Crippen MR) is 67.0 cm³/mol. The molecule has 21 heavy (non-hydrogen) atoms. The maximum absolute atomic E-state index is 12.7. The van der Waals surface area contributed by atoms with Crippen molar-refractivity contribution in [1.82, 2.24) is 19.5 Å². The lowest BCUT2D eigenvalue weighted by Gasteiger charge is -2.13. The average Bonchev–Trinajstić information content (AvgIpc) is 2.39. The first-order valence-corrected chi connectivity index (χ1v) is 5.75. The molecule has 9 heteroatoms. The van der Waals surface area contributed by atoms with Crippen LogP contribution in [0.25, 0.3) is 22.6 Å². The molecule has 0 aliphatic carbocycles. The number of aromatic amines is 1. The van der Waals surface area contributed by atoms with Gasteiger partial charge in [0.05, 0.1) is 16.6 Å². The quantitative estimate of drug-likeness (QED) is 0.631.